The van der Waals surface area contributed by atoms with E-state index in [-0.39, 0.29) is 0 Å². The number of hydrogen-bond donors (Lipinski definition) is 1. The van der Waals surface area contributed by atoms with E-state index >= 15 is 0 Å². The Labute approximate surface area is 127 Å². The quantitative estimate of drug-likeness (QED) is 0.566. The molecule has 0 saturated carbocycles. The van der Waals surface area contributed by atoms with Crippen LogP contribution in [0, 0.1) is 0 Å². The molecule has 20 heavy (non-hydrogen) atoms. The van der Waals surface area contributed by atoms with Gasteiger partial charge in [0.1, 0.15) is 0 Å². The summed E-state index contributed by atoms with van der Waals surface area (Å²) in [6.45, 7) is 0. The molecule has 0 aliphatic carbocycles. The van der Waals surface area contributed by atoms with Crippen LogP contribution < -0.4 is 5.73 Å². The summed E-state index contributed by atoms with van der Waals surface area (Å²) >= 11 is 4.92. The van der Waals surface area contributed by atoms with E-state index in [2.05, 4.69) is 26.1 Å². The normalized spacial score (nSPS) is 10.8. The van der Waals surface area contributed by atoms with Crippen molar-refractivity contribution in [1.82, 2.24) is 10.2 Å². The first-order valence-corrected chi connectivity index (χ1v) is 7.54. The van der Waals surface area contributed by atoms with Gasteiger partial charge in [0.15, 0.2) is 5.76 Å². The number of rotatable bonds is 4. The highest BCUT2D eigenvalue weighted by Crippen LogP contribution is 2.30. The van der Waals surface area contributed by atoms with E-state index in [1.165, 1.54) is 0 Å². The minimum absolute atomic E-state index is 0.384. The smallest absolute Gasteiger partial charge is 0.283 e. The largest absolute Gasteiger partial charge is 0.459 e. The van der Waals surface area contributed by atoms with Crippen LogP contribution in [0.15, 0.2) is 54.8 Å². The van der Waals surface area contributed by atoms with Gasteiger partial charge in [-0.15, -0.1) is 22.0 Å². The van der Waals surface area contributed by atoms with E-state index in [1.807, 2.05) is 18.2 Å². The van der Waals surface area contributed by atoms with Gasteiger partial charge in [-0.3, -0.25) is 0 Å². The molecule has 0 fully saturated rings. The maximum absolute atomic E-state index is 5.94. The molecule has 0 aliphatic rings. The zero-order valence-corrected chi connectivity index (χ0v) is 12.6. The van der Waals surface area contributed by atoms with Crippen molar-refractivity contribution >= 4 is 33.4 Å². The molecule has 0 radical (unpaired) electrons. The topological polar surface area (TPSA) is 78.1 Å². The lowest BCUT2D eigenvalue weighted by molar-refractivity contribution is 0.494. The summed E-state index contributed by atoms with van der Waals surface area (Å²) in [5, 5.41) is 7.93. The highest BCUT2D eigenvalue weighted by molar-refractivity contribution is 9.10. The summed E-state index contributed by atoms with van der Waals surface area (Å²) in [4.78, 5) is 0.978. The minimum Gasteiger partial charge on any atom is -0.459 e. The minimum atomic E-state index is 0.384. The van der Waals surface area contributed by atoms with Gasteiger partial charge < -0.3 is 14.6 Å². The zero-order chi connectivity index (χ0) is 13.9. The average Bonchev–Trinajstić information content (AvgIpc) is 3.08. The summed E-state index contributed by atoms with van der Waals surface area (Å²) in [6, 6.07) is 9.31. The molecule has 2 heterocycles. The van der Waals surface area contributed by atoms with Crippen LogP contribution in [0.5, 0.6) is 0 Å². The molecule has 0 aliphatic heterocycles. The van der Waals surface area contributed by atoms with E-state index in [1.54, 1.807) is 30.2 Å². The van der Waals surface area contributed by atoms with Gasteiger partial charge in [-0.25, -0.2) is 0 Å². The molecule has 2 aromatic heterocycles. The highest BCUT2D eigenvalue weighted by Gasteiger charge is 2.11. The molecule has 0 bridgehead atoms. The summed E-state index contributed by atoms with van der Waals surface area (Å²) < 4.78 is 11.7. The maximum Gasteiger partial charge on any atom is 0.283 e. The van der Waals surface area contributed by atoms with Crippen molar-refractivity contribution in [2.45, 2.75) is 10.6 Å². The van der Waals surface area contributed by atoms with Crippen molar-refractivity contribution in [3.05, 3.63) is 47.0 Å². The first-order chi connectivity index (χ1) is 9.72. The number of thioether (sulfide) groups is 1. The van der Waals surface area contributed by atoms with Crippen LogP contribution in [0.4, 0.5) is 5.69 Å². The Hall–Kier alpha value is -1.73. The number of halogens is 1. The highest BCUT2D eigenvalue weighted by atomic mass is 79.9. The van der Waals surface area contributed by atoms with Crippen LogP contribution in [0.3, 0.4) is 0 Å². The summed E-state index contributed by atoms with van der Waals surface area (Å²) in [7, 11) is 0. The molecule has 3 rings (SSSR count). The van der Waals surface area contributed by atoms with Crippen molar-refractivity contribution in [2.24, 2.45) is 0 Å². The fraction of sp³-hybridized carbons (Fsp3) is 0.0769. The fourth-order valence-electron chi connectivity index (χ4n) is 1.60. The number of anilines is 1. The number of nitrogens with zero attached hydrogens (tertiary/aromatic N) is 2. The van der Waals surface area contributed by atoms with Crippen molar-refractivity contribution in [1.29, 1.82) is 0 Å². The lowest BCUT2D eigenvalue weighted by atomic mass is 10.3. The van der Waals surface area contributed by atoms with Gasteiger partial charge in [0.05, 0.1) is 12.0 Å². The predicted octanol–water partition coefficient (Wildman–Crippen LogP) is 3.97. The van der Waals surface area contributed by atoms with E-state index in [0.717, 1.165) is 15.1 Å². The number of nitrogens with two attached hydrogens (primary N) is 1. The second kappa shape index (κ2) is 5.72. The Balaban J connectivity index is 1.70. The molecule has 0 amide bonds. The molecule has 1 aromatic carbocycles. The molecule has 0 saturated heterocycles. The first-order valence-electron chi connectivity index (χ1n) is 5.76. The van der Waals surface area contributed by atoms with Crippen LogP contribution >= 0.6 is 27.7 Å². The van der Waals surface area contributed by atoms with E-state index in [0.29, 0.717) is 23.3 Å². The Morgan fingerprint density at radius 3 is 2.90 bits per heavy atom. The number of aromatic nitrogens is 2. The fourth-order valence-corrected chi connectivity index (χ4v) is 2.77. The summed E-state index contributed by atoms with van der Waals surface area (Å²) in [5.74, 6) is 2.04. The second-order valence-corrected chi connectivity index (χ2v) is 5.88. The van der Waals surface area contributed by atoms with Crippen molar-refractivity contribution < 1.29 is 8.83 Å². The zero-order valence-electron chi connectivity index (χ0n) is 10.2. The Kier molecular flexibility index (Phi) is 3.79. The monoisotopic (exact) mass is 351 g/mol. The molecule has 0 atom stereocenters. The lowest BCUT2D eigenvalue weighted by Gasteiger charge is -2.03. The van der Waals surface area contributed by atoms with Crippen LogP contribution in [0.1, 0.15) is 5.89 Å². The Bertz CT molecular complexity index is 712. The number of benzene rings is 1. The van der Waals surface area contributed by atoms with Crippen LogP contribution in [0.25, 0.3) is 11.7 Å². The number of hydrogen-bond acceptors (Lipinski definition) is 6. The van der Waals surface area contributed by atoms with E-state index < -0.39 is 0 Å². The first kappa shape index (κ1) is 13.3. The third-order valence-electron chi connectivity index (χ3n) is 2.52. The molecule has 102 valence electrons. The Morgan fingerprint density at radius 2 is 2.15 bits per heavy atom. The lowest BCUT2D eigenvalue weighted by Crippen LogP contribution is -1.89. The van der Waals surface area contributed by atoms with Gasteiger partial charge in [0, 0.05) is 15.1 Å². The molecule has 0 unspecified atom stereocenters. The van der Waals surface area contributed by atoms with Gasteiger partial charge >= 0.3 is 0 Å². The third-order valence-corrected chi connectivity index (χ3v) is 4.09. The predicted molar refractivity (Wildman–Crippen MR) is 80.1 cm³/mol. The van der Waals surface area contributed by atoms with Crippen molar-refractivity contribution in [3.8, 4) is 11.7 Å². The summed E-state index contributed by atoms with van der Waals surface area (Å²) in [6.07, 6.45) is 1.57. The molecule has 0 spiro atoms. The standard InChI is InChI=1S/C13H10BrN3O2S/c14-8-3-4-11(9(15)6-8)20-7-12-16-17-13(19-12)10-2-1-5-18-10/h1-6H,7,15H2. The van der Waals surface area contributed by atoms with Gasteiger partial charge in [-0.2, -0.15) is 0 Å². The number of furan rings is 1. The van der Waals surface area contributed by atoms with Gasteiger partial charge in [-0.1, -0.05) is 15.9 Å². The van der Waals surface area contributed by atoms with Crippen LogP contribution in [-0.2, 0) is 5.75 Å². The molecule has 3 aromatic rings. The molecular weight excluding hydrogens is 342 g/mol. The summed E-state index contributed by atoms with van der Waals surface area (Å²) in [5.41, 5.74) is 6.65. The second-order valence-electron chi connectivity index (χ2n) is 3.95. The average molecular weight is 352 g/mol. The molecule has 5 nitrogen and oxygen atoms in total. The van der Waals surface area contributed by atoms with Crippen LogP contribution in [0.2, 0.25) is 0 Å². The third kappa shape index (κ3) is 2.88. The van der Waals surface area contributed by atoms with Crippen molar-refractivity contribution in [2.75, 3.05) is 5.73 Å². The SMILES string of the molecule is Nc1cc(Br)ccc1SCc1nnc(-c2ccco2)o1. The maximum atomic E-state index is 5.94. The van der Waals surface area contributed by atoms with Crippen LogP contribution in [-0.4, -0.2) is 10.2 Å². The molecule has 7 heteroatoms. The Morgan fingerprint density at radius 1 is 1.25 bits per heavy atom. The van der Waals surface area contributed by atoms with Gasteiger partial charge in [0.25, 0.3) is 5.89 Å². The molecular formula is C13H10BrN3O2S. The molecule has 2 N–H and O–H groups in total. The van der Waals surface area contributed by atoms with Gasteiger partial charge in [-0.05, 0) is 30.3 Å². The number of nitrogen functional groups attached to an aromatic ring is 1. The van der Waals surface area contributed by atoms with Gasteiger partial charge in [0.2, 0.25) is 5.89 Å². The van der Waals surface area contributed by atoms with E-state index in [4.69, 9.17) is 14.6 Å². The van der Waals surface area contributed by atoms with E-state index in [9.17, 15) is 0 Å². The van der Waals surface area contributed by atoms with Crippen molar-refractivity contribution in [3.63, 3.8) is 0 Å².